The van der Waals surface area contributed by atoms with Crippen LogP contribution in [0.15, 0.2) is 126 Å². The van der Waals surface area contributed by atoms with Crippen LogP contribution in [0.5, 0.6) is 5.75 Å². The van der Waals surface area contributed by atoms with Crippen LogP contribution in [-0.2, 0) is 38.1 Å². The normalized spacial score (nSPS) is 29.2. The lowest BCUT2D eigenvalue weighted by Crippen LogP contribution is -2.81. The fraction of sp³-hybridized carbons (Fsp3) is 0.396. The van der Waals surface area contributed by atoms with Crippen molar-refractivity contribution < 1.29 is 72.3 Å². The maximum absolute atomic E-state index is 15.5. The van der Waals surface area contributed by atoms with Gasteiger partial charge < -0.3 is 44.0 Å². The fourth-order valence-electron chi connectivity index (χ4n) is 11.4. The molecule has 1 aliphatic heterocycles. The summed E-state index contributed by atoms with van der Waals surface area (Å²) in [7, 11) is 0. The molecule has 18 nitrogen and oxygen atoms in total. The Labute approximate surface area is 408 Å². The van der Waals surface area contributed by atoms with Gasteiger partial charge in [-0.1, -0.05) is 87.5 Å². The molecule has 2 saturated carbocycles. The zero-order valence-corrected chi connectivity index (χ0v) is 39.8. The number of Topliss-reactive ketones (excluding diaryl/α,β-unsaturated/α-hetero) is 1. The predicted molar refractivity (Wildman–Crippen MR) is 249 cm³/mol. The van der Waals surface area contributed by atoms with E-state index >= 15 is 9.59 Å². The first kappa shape index (κ1) is 50.1. The van der Waals surface area contributed by atoms with Crippen LogP contribution in [0.2, 0.25) is 0 Å². The average Bonchev–Trinajstić information content (AvgIpc) is 3.34. The van der Waals surface area contributed by atoms with E-state index in [1.165, 1.54) is 38.1 Å². The molecule has 3 N–H and O–H groups in total. The van der Waals surface area contributed by atoms with Crippen LogP contribution >= 0.6 is 0 Å². The number of carbonyl (C=O) groups excluding carboxylic acids is 6. The van der Waals surface area contributed by atoms with Gasteiger partial charge >= 0.3 is 24.1 Å². The van der Waals surface area contributed by atoms with Crippen molar-refractivity contribution in [1.29, 1.82) is 0 Å². The molecule has 11 atom stereocenters. The molecule has 4 aliphatic rings. The number of carbonyl (C=O) groups is 6. The smallest absolute Gasteiger partial charge is 0.455 e. The van der Waals surface area contributed by atoms with Crippen molar-refractivity contribution >= 4 is 41.4 Å². The van der Waals surface area contributed by atoms with Gasteiger partial charge in [-0.25, -0.2) is 14.4 Å². The van der Waals surface area contributed by atoms with Crippen molar-refractivity contribution in [3.8, 4) is 5.75 Å². The number of non-ortho nitro benzene ring substituents is 1. The Bertz CT molecular complexity index is 2770. The number of ketones is 1. The molecule has 1 heterocycles. The molecule has 2 bridgehead atoms. The summed E-state index contributed by atoms with van der Waals surface area (Å²) in [6.45, 7) is 8.96. The number of amides is 1. The fourth-order valence-corrected chi connectivity index (χ4v) is 11.4. The van der Waals surface area contributed by atoms with Gasteiger partial charge in [-0.15, -0.1) is 0 Å². The molecule has 4 aromatic rings. The maximum atomic E-state index is 15.5. The molecule has 71 heavy (non-hydrogen) atoms. The van der Waals surface area contributed by atoms with Gasteiger partial charge in [-0.05, 0) is 67.0 Å². The molecule has 0 radical (unpaired) electrons. The number of ether oxygens (including phenoxy) is 6. The number of hydrogen-bond acceptors (Lipinski definition) is 16. The maximum Gasteiger partial charge on any atom is 0.514 e. The van der Waals surface area contributed by atoms with Gasteiger partial charge in [0.25, 0.3) is 11.6 Å². The summed E-state index contributed by atoms with van der Waals surface area (Å²) in [6, 6.07) is 27.0. The highest BCUT2D eigenvalue weighted by Gasteiger charge is 2.77. The van der Waals surface area contributed by atoms with E-state index < -0.39 is 118 Å². The lowest BCUT2D eigenvalue weighted by Gasteiger charge is -2.67. The van der Waals surface area contributed by atoms with Crippen LogP contribution in [0.1, 0.15) is 86.7 Å². The number of aliphatic hydroxyl groups excluding tert-OH is 1. The minimum absolute atomic E-state index is 0.0764. The van der Waals surface area contributed by atoms with E-state index in [1.54, 1.807) is 94.4 Å². The van der Waals surface area contributed by atoms with E-state index in [0.29, 0.717) is 11.1 Å². The molecule has 18 heteroatoms. The summed E-state index contributed by atoms with van der Waals surface area (Å²) in [5.41, 5.74) is -6.53. The van der Waals surface area contributed by atoms with E-state index in [-0.39, 0.29) is 41.2 Å². The van der Waals surface area contributed by atoms with Gasteiger partial charge in [0.1, 0.15) is 41.5 Å². The third-order valence-electron chi connectivity index (χ3n) is 15.0. The Balaban J connectivity index is 1.25. The lowest BCUT2D eigenvalue weighted by atomic mass is 9.43. The van der Waals surface area contributed by atoms with E-state index in [9.17, 15) is 39.5 Å². The molecular formula is C53H54N2O16. The van der Waals surface area contributed by atoms with Gasteiger partial charge in [0.2, 0.25) is 6.10 Å². The van der Waals surface area contributed by atoms with Crippen LogP contribution < -0.4 is 10.1 Å². The zero-order chi connectivity index (χ0) is 51.2. The summed E-state index contributed by atoms with van der Waals surface area (Å²) in [6.07, 6.45) is -9.87. The van der Waals surface area contributed by atoms with Crippen molar-refractivity contribution in [2.75, 3.05) is 6.61 Å². The number of nitrogens with zero attached hydrogens (tertiary/aromatic N) is 1. The Morgan fingerprint density at radius 2 is 1.45 bits per heavy atom. The largest absolute Gasteiger partial charge is 0.514 e. The van der Waals surface area contributed by atoms with Gasteiger partial charge in [0.15, 0.2) is 5.60 Å². The van der Waals surface area contributed by atoms with Crippen molar-refractivity contribution in [1.82, 2.24) is 5.32 Å². The van der Waals surface area contributed by atoms with E-state index in [4.69, 9.17) is 28.4 Å². The third-order valence-corrected chi connectivity index (χ3v) is 15.0. The highest BCUT2D eigenvalue weighted by atomic mass is 16.7. The number of rotatable bonds is 12. The number of hydrogen-bond donors (Lipinski definition) is 3. The number of nitro benzene ring substituents is 1. The van der Waals surface area contributed by atoms with Crippen LogP contribution in [-0.4, -0.2) is 99.2 Å². The Morgan fingerprint density at radius 1 is 0.859 bits per heavy atom. The first-order valence-electron chi connectivity index (χ1n) is 23.1. The highest BCUT2D eigenvalue weighted by molar-refractivity contribution is 5.95. The summed E-state index contributed by atoms with van der Waals surface area (Å²) < 4.78 is 36.1. The van der Waals surface area contributed by atoms with E-state index in [1.807, 2.05) is 0 Å². The molecule has 4 unspecified atom stereocenters. The lowest BCUT2D eigenvalue weighted by molar-refractivity contribution is -0.384. The minimum Gasteiger partial charge on any atom is -0.455 e. The molecule has 0 aromatic heterocycles. The second-order valence-corrected chi connectivity index (χ2v) is 19.3. The first-order chi connectivity index (χ1) is 33.6. The van der Waals surface area contributed by atoms with Gasteiger partial charge in [0, 0.05) is 48.8 Å². The SMILES string of the molecule is CC(=O)O[C@@]12CO[C@@H]1C[C@H](O)[C@@]1(C)C(=O)C(C)C3=C(C)C(OC(=O)[C@H](OC(=O)Oc4ccc([N+](=O)[O-])cc4)[C@@H](NC(=O)c4ccccc4)c4ccccc4)C[C@@](O)(C(OC(=O)c4ccccc4)C12)C3(C)C. The second-order valence-electron chi connectivity index (χ2n) is 19.3. The van der Waals surface area contributed by atoms with E-state index in [0.717, 1.165) is 24.3 Å². The molecule has 372 valence electrons. The van der Waals surface area contributed by atoms with Crippen LogP contribution in [0.4, 0.5) is 10.5 Å². The number of benzene rings is 4. The average molecular weight is 975 g/mol. The number of nitrogens with one attached hydrogen (secondary N) is 1. The molecule has 8 rings (SSSR count). The summed E-state index contributed by atoms with van der Waals surface area (Å²) >= 11 is 0. The van der Waals surface area contributed by atoms with Crippen molar-refractivity contribution in [3.05, 3.63) is 153 Å². The predicted octanol–water partition coefficient (Wildman–Crippen LogP) is 6.57. The highest BCUT2D eigenvalue weighted by Crippen LogP contribution is 2.65. The Morgan fingerprint density at radius 3 is 2.01 bits per heavy atom. The molecular weight excluding hydrogens is 921 g/mol. The van der Waals surface area contributed by atoms with Crippen LogP contribution in [0, 0.1) is 32.8 Å². The standard InChI is InChI=1S/C53H54N2O16/c1-29-37(68-48(61)42(69-49(62)67-36-24-22-35(23-25-36)55(64)65)41(32-16-10-7-11-17-32)54-46(59)33-18-12-8-13-19-33)27-53(63)45(70-47(60)34-20-14-9-15-21-34)43-51(6,44(58)30(2)40(29)50(53,4)5)38(57)26-39-52(43,28-66-39)71-31(3)56/h7-25,30,37-39,41-43,45,57,63H,26-28H2,1-6H3,(H,54,59)/t30?,37?,38-,39+,41-,42+,43?,45?,51+,52-,53+/m0/s1. The van der Waals surface area contributed by atoms with E-state index in [2.05, 4.69) is 5.32 Å². The number of fused-ring (bicyclic) bond motifs is 5. The third kappa shape index (κ3) is 8.84. The van der Waals surface area contributed by atoms with Gasteiger partial charge in [0.05, 0.1) is 34.5 Å². The molecule has 0 spiro atoms. The Hall–Kier alpha value is -7.28. The van der Waals surface area contributed by atoms with Gasteiger partial charge in [-0.3, -0.25) is 24.5 Å². The molecule has 4 aromatic carbocycles. The summed E-state index contributed by atoms with van der Waals surface area (Å²) in [4.78, 5) is 96.5. The first-order valence-corrected chi connectivity index (χ1v) is 23.1. The Kier molecular flexibility index (Phi) is 13.5. The number of esters is 3. The number of aliphatic hydroxyl groups is 2. The quantitative estimate of drug-likeness (QED) is 0.0339. The monoisotopic (exact) mass is 974 g/mol. The topological polar surface area (TPSA) is 253 Å². The van der Waals surface area contributed by atoms with Crippen LogP contribution in [0.25, 0.3) is 0 Å². The van der Waals surface area contributed by atoms with Gasteiger partial charge in [-0.2, -0.15) is 0 Å². The molecule has 3 fully saturated rings. The summed E-state index contributed by atoms with van der Waals surface area (Å²) in [5.74, 6) is -6.90. The summed E-state index contributed by atoms with van der Waals surface area (Å²) in [5, 5.41) is 40.1. The minimum atomic E-state index is -2.33. The number of nitro groups is 1. The zero-order valence-electron chi connectivity index (χ0n) is 39.8. The van der Waals surface area contributed by atoms with Crippen molar-refractivity contribution in [2.24, 2.45) is 22.7 Å². The van der Waals surface area contributed by atoms with Crippen molar-refractivity contribution in [3.63, 3.8) is 0 Å². The second kappa shape index (κ2) is 19.1. The molecule has 1 amide bonds. The van der Waals surface area contributed by atoms with Crippen LogP contribution in [0.3, 0.4) is 0 Å². The molecule has 3 aliphatic carbocycles. The molecule has 1 saturated heterocycles. The van der Waals surface area contributed by atoms with Crippen molar-refractivity contribution in [2.45, 2.75) is 102 Å².